The van der Waals surface area contributed by atoms with Crippen molar-refractivity contribution in [3.05, 3.63) is 35.4 Å². The van der Waals surface area contributed by atoms with E-state index in [9.17, 15) is 9.59 Å². The fourth-order valence-corrected chi connectivity index (χ4v) is 2.52. The monoisotopic (exact) mass is 285 g/mol. The highest BCUT2D eigenvalue weighted by Gasteiger charge is 2.21. The highest BCUT2D eigenvalue weighted by molar-refractivity contribution is 5.94. The van der Waals surface area contributed by atoms with Crippen molar-refractivity contribution >= 4 is 11.8 Å². The lowest BCUT2D eigenvalue weighted by Gasteiger charge is -2.31. The molecule has 2 rings (SSSR count). The SMILES string of the molecule is CC(=O)N1CCC(CNC(=O)c2cccc(C#N)c2)CC1. The molecule has 5 heteroatoms. The van der Waals surface area contributed by atoms with Gasteiger partial charge in [0.2, 0.25) is 5.91 Å². The van der Waals surface area contributed by atoms with Crippen molar-refractivity contribution in [2.24, 2.45) is 5.92 Å². The first-order valence-electron chi connectivity index (χ1n) is 7.14. The van der Waals surface area contributed by atoms with E-state index in [1.54, 1.807) is 31.2 Å². The summed E-state index contributed by atoms with van der Waals surface area (Å²) in [5.74, 6) is 0.371. The predicted octanol–water partition coefficient (Wildman–Crippen LogP) is 1.55. The number of hydrogen-bond acceptors (Lipinski definition) is 3. The van der Waals surface area contributed by atoms with Crippen molar-refractivity contribution in [3.8, 4) is 6.07 Å². The molecule has 1 N–H and O–H groups in total. The molecular weight excluding hydrogens is 266 g/mol. The first kappa shape index (κ1) is 15.0. The molecule has 0 saturated carbocycles. The van der Waals surface area contributed by atoms with Crippen molar-refractivity contribution in [3.63, 3.8) is 0 Å². The lowest BCUT2D eigenvalue weighted by Crippen LogP contribution is -2.40. The van der Waals surface area contributed by atoms with Crippen LogP contribution in [-0.2, 0) is 4.79 Å². The summed E-state index contributed by atoms with van der Waals surface area (Å²) in [6.45, 7) is 3.73. The van der Waals surface area contributed by atoms with Gasteiger partial charge in [0.25, 0.3) is 5.91 Å². The lowest BCUT2D eigenvalue weighted by molar-refractivity contribution is -0.130. The van der Waals surface area contributed by atoms with Gasteiger partial charge in [-0.25, -0.2) is 0 Å². The smallest absolute Gasteiger partial charge is 0.251 e. The summed E-state index contributed by atoms with van der Waals surface area (Å²) >= 11 is 0. The number of carbonyl (C=O) groups is 2. The highest BCUT2D eigenvalue weighted by atomic mass is 16.2. The van der Waals surface area contributed by atoms with Crippen LogP contribution in [0.3, 0.4) is 0 Å². The van der Waals surface area contributed by atoms with E-state index in [0.29, 0.717) is 23.6 Å². The Balaban J connectivity index is 1.82. The van der Waals surface area contributed by atoms with Crippen LogP contribution in [-0.4, -0.2) is 36.3 Å². The second-order valence-corrected chi connectivity index (χ2v) is 5.35. The quantitative estimate of drug-likeness (QED) is 0.915. The van der Waals surface area contributed by atoms with Crippen molar-refractivity contribution in [2.75, 3.05) is 19.6 Å². The lowest BCUT2D eigenvalue weighted by atomic mass is 9.96. The Morgan fingerprint density at radius 2 is 2.10 bits per heavy atom. The summed E-state index contributed by atoms with van der Waals surface area (Å²) in [6, 6.07) is 8.70. The number of likely N-dealkylation sites (tertiary alicyclic amines) is 1. The molecule has 110 valence electrons. The van der Waals surface area contributed by atoms with Gasteiger partial charge in [-0.15, -0.1) is 0 Å². The second-order valence-electron chi connectivity index (χ2n) is 5.35. The number of amides is 2. The molecule has 0 aliphatic carbocycles. The minimum atomic E-state index is -0.152. The minimum Gasteiger partial charge on any atom is -0.352 e. The average molecular weight is 285 g/mol. The second kappa shape index (κ2) is 6.89. The molecule has 1 saturated heterocycles. The molecule has 0 radical (unpaired) electrons. The van der Waals surface area contributed by atoms with E-state index in [0.717, 1.165) is 25.9 Å². The average Bonchev–Trinajstić information content (AvgIpc) is 2.53. The van der Waals surface area contributed by atoms with Crippen LogP contribution in [0.4, 0.5) is 0 Å². The molecule has 0 aromatic heterocycles. The Hall–Kier alpha value is -2.35. The number of nitrogens with one attached hydrogen (secondary N) is 1. The van der Waals surface area contributed by atoms with Gasteiger partial charge in [0.15, 0.2) is 0 Å². The third-order valence-electron chi connectivity index (χ3n) is 3.87. The molecule has 0 spiro atoms. The van der Waals surface area contributed by atoms with Crippen molar-refractivity contribution in [2.45, 2.75) is 19.8 Å². The van der Waals surface area contributed by atoms with E-state index in [4.69, 9.17) is 5.26 Å². The van der Waals surface area contributed by atoms with E-state index >= 15 is 0 Å². The maximum absolute atomic E-state index is 12.0. The molecular formula is C16H19N3O2. The van der Waals surface area contributed by atoms with Gasteiger partial charge >= 0.3 is 0 Å². The van der Waals surface area contributed by atoms with E-state index in [1.807, 2.05) is 11.0 Å². The largest absolute Gasteiger partial charge is 0.352 e. The van der Waals surface area contributed by atoms with Gasteiger partial charge in [-0.05, 0) is 37.0 Å². The van der Waals surface area contributed by atoms with Crippen LogP contribution < -0.4 is 5.32 Å². The van der Waals surface area contributed by atoms with E-state index < -0.39 is 0 Å². The Kier molecular flexibility index (Phi) is 4.94. The van der Waals surface area contributed by atoms with Gasteiger partial charge in [-0.2, -0.15) is 5.26 Å². The van der Waals surface area contributed by atoms with Crippen molar-refractivity contribution in [1.29, 1.82) is 5.26 Å². The zero-order valence-corrected chi connectivity index (χ0v) is 12.1. The third-order valence-corrected chi connectivity index (χ3v) is 3.87. The van der Waals surface area contributed by atoms with Gasteiger partial charge in [0.1, 0.15) is 0 Å². The number of nitrogens with zero attached hydrogens (tertiary/aromatic N) is 2. The molecule has 1 aromatic carbocycles. The molecule has 2 amide bonds. The van der Waals surface area contributed by atoms with Gasteiger partial charge in [0, 0.05) is 32.1 Å². The molecule has 0 bridgehead atoms. The zero-order chi connectivity index (χ0) is 15.2. The molecule has 0 atom stereocenters. The van der Waals surface area contributed by atoms with Crippen LogP contribution in [0, 0.1) is 17.2 Å². The maximum Gasteiger partial charge on any atom is 0.251 e. The summed E-state index contributed by atoms with van der Waals surface area (Å²) in [5.41, 5.74) is 0.993. The standard InChI is InChI=1S/C16H19N3O2/c1-12(20)19-7-5-13(6-8-19)11-18-16(21)15-4-2-3-14(9-15)10-17/h2-4,9,13H,5-8,11H2,1H3,(H,18,21). The fourth-order valence-electron chi connectivity index (χ4n) is 2.52. The van der Waals surface area contributed by atoms with Crippen LogP contribution in [0.25, 0.3) is 0 Å². The first-order chi connectivity index (χ1) is 10.1. The molecule has 1 aromatic rings. The van der Waals surface area contributed by atoms with E-state index in [-0.39, 0.29) is 11.8 Å². The molecule has 0 unspecified atom stereocenters. The molecule has 1 heterocycles. The van der Waals surface area contributed by atoms with Crippen LogP contribution in [0.15, 0.2) is 24.3 Å². The van der Waals surface area contributed by atoms with E-state index in [1.165, 1.54) is 0 Å². The normalized spacial score (nSPS) is 15.3. The molecule has 1 aliphatic heterocycles. The number of piperidine rings is 1. The highest BCUT2D eigenvalue weighted by Crippen LogP contribution is 2.16. The summed E-state index contributed by atoms with van der Waals surface area (Å²) in [6.07, 6.45) is 1.83. The molecule has 21 heavy (non-hydrogen) atoms. The van der Waals surface area contributed by atoms with Crippen LogP contribution in [0.1, 0.15) is 35.7 Å². The zero-order valence-electron chi connectivity index (χ0n) is 12.1. The van der Waals surface area contributed by atoms with Gasteiger partial charge in [0.05, 0.1) is 11.6 Å². The summed E-state index contributed by atoms with van der Waals surface area (Å²) < 4.78 is 0. The van der Waals surface area contributed by atoms with E-state index in [2.05, 4.69) is 5.32 Å². The van der Waals surface area contributed by atoms with Crippen LogP contribution >= 0.6 is 0 Å². The number of rotatable bonds is 3. The molecule has 1 fully saturated rings. The topological polar surface area (TPSA) is 73.2 Å². The first-order valence-corrected chi connectivity index (χ1v) is 7.14. The van der Waals surface area contributed by atoms with Crippen molar-refractivity contribution < 1.29 is 9.59 Å². The summed E-state index contributed by atoms with van der Waals surface area (Å²) in [4.78, 5) is 25.1. The number of hydrogen-bond donors (Lipinski definition) is 1. The summed E-state index contributed by atoms with van der Waals surface area (Å²) in [7, 11) is 0. The van der Waals surface area contributed by atoms with Crippen LogP contribution in [0.2, 0.25) is 0 Å². The Morgan fingerprint density at radius 1 is 1.38 bits per heavy atom. The number of nitriles is 1. The summed E-state index contributed by atoms with van der Waals surface area (Å²) in [5, 5.41) is 11.7. The van der Waals surface area contributed by atoms with Crippen LogP contribution in [0.5, 0.6) is 0 Å². The maximum atomic E-state index is 12.0. The minimum absolute atomic E-state index is 0.116. The fraction of sp³-hybridized carbons (Fsp3) is 0.438. The Bertz CT molecular complexity index is 569. The number of carbonyl (C=O) groups excluding carboxylic acids is 2. The molecule has 1 aliphatic rings. The van der Waals surface area contributed by atoms with Crippen molar-refractivity contribution in [1.82, 2.24) is 10.2 Å². The number of benzene rings is 1. The Labute approximate surface area is 124 Å². The van der Waals surface area contributed by atoms with Gasteiger partial charge < -0.3 is 10.2 Å². The third kappa shape index (κ3) is 4.06. The molecule has 5 nitrogen and oxygen atoms in total. The van der Waals surface area contributed by atoms with Gasteiger partial charge in [-0.3, -0.25) is 9.59 Å². The van der Waals surface area contributed by atoms with Gasteiger partial charge in [-0.1, -0.05) is 6.07 Å². The Morgan fingerprint density at radius 3 is 2.71 bits per heavy atom. The predicted molar refractivity (Wildman–Crippen MR) is 78.5 cm³/mol.